The van der Waals surface area contributed by atoms with Gasteiger partial charge in [-0.25, -0.2) is 0 Å². The van der Waals surface area contributed by atoms with Crippen LogP contribution in [0.2, 0.25) is 0 Å². The van der Waals surface area contributed by atoms with Crippen LogP contribution >= 0.6 is 0 Å². The maximum absolute atomic E-state index is 6.20. The number of ether oxygens (including phenoxy) is 1. The standard InChI is InChI=1S/C23H33NO/c1-6-7-8-16-23(4,5)17-24-21-11-9-10-19(3)22(21)25-20-14-12-18(2)13-15-20/h9-15,24H,6-8,16-17H2,1-5H3. The van der Waals surface area contributed by atoms with Crippen LogP contribution in [-0.2, 0) is 0 Å². The molecular formula is C23H33NO. The van der Waals surface area contributed by atoms with Crippen molar-refractivity contribution in [2.24, 2.45) is 5.41 Å². The molecule has 0 aliphatic rings. The molecule has 136 valence electrons. The van der Waals surface area contributed by atoms with Gasteiger partial charge in [0.15, 0.2) is 5.75 Å². The summed E-state index contributed by atoms with van der Waals surface area (Å²) < 4.78 is 6.20. The zero-order valence-electron chi connectivity index (χ0n) is 16.5. The highest BCUT2D eigenvalue weighted by Crippen LogP contribution is 2.34. The van der Waals surface area contributed by atoms with Crippen LogP contribution in [0.4, 0.5) is 5.69 Å². The van der Waals surface area contributed by atoms with Crippen LogP contribution in [0.15, 0.2) is 42.5 Å². The van der Waals surface area contributed by atoms with E-state index in [9.17, 15) is 0 Å². The topological polar surface area (TPSA) is 21.3 Å². The van der Waals surface area contributed by atoms with Crippen molar-refractivity contribution in [3.63, 3.8) is 0 Å². The highest BCUT2D eigenvalue weighted by molar-refractivity contribution is 5.61. The minimum absolute atomic E-state index is 0.278. The van der Waals surface area contributed by atoms with E-state index in [0.717, 1.165) is 29.3 Å². The van der Waals surface area contributed by atoms with Gasteiger partial charge in [0.2, 0.25) is 0 Å². The number of para-hydroxylation sites is 1. The van der Waals surface area contributed by atoms with Crippen LogP contribution in [0.5, 0.6) is 11.5 Å². The average Bonchev–Trinajstić information content (AvgIpc) is 2.57. The number of anilines is 1. The van der Waals surface area contributed by atoms with Gasteiger partial charge >= 0.3 is 0 Å². The Hall–Kier alpha value is -1.96. The zero-order valence-corrected chi connectivity index (χ0v) is 16.5. The summed E-state index contributed by atoms with van der Waals surface area (Å²) in [6.07, 6.45) is 5.13. The van der Waals surface area contributed by atoms with Crippen molar-refractivity contribution >= 4 is 5.69 Å². The van der Waals surface area contributed by atoms with Crippen molar-refractivity contribution in [2.75, 3.05) is 11.9 Å². The fraction of sp³-hybridized carbons (Fsp3) is 0.478. The Bertz CT molecular complexity index is 658. The van der Waals surface area contributed by atoms with Gasteiger partial charge in [0.25, 0.3) is 0 Å². The largest absolute Gasteiger partial charge is 0.455 e. The van der Waals surface area contributed by atoms with Crippen molar-refractivity contribution < 1.29 is 4.74 Å². The first-order chi connectivity index (χ1) is 11.9. The van der Waals surface area contributed by atoms with Crippen LogP contribution in [0.3, 0.4) is 0 Å². The van der Waals surface area contributed by atoms with E-state index in [-0.39, 0.29) is 5.41 Å². The highest BCUT2D eigenvalue weighted by Gasteiger charge is 2.18. The summed E-state index contributed by atoms with van der Waals surface area (Å²) in [5, 5.41) is 3.63. The third-order valence-corrected chi connectivity index (χ3v) is 4.67. The van der Waals surface area contributed by atoms with E-state index in [4.69, 9.17) is 4.74 Å². The predicted octanol–water partition coefficient (Wildman–Crippen LogP) is 7.11. The molecule has 2 nitrogen and oxygen atoms in total. The quantitative estimate of drug-likeness (QED) is 0.491. The summed E-state index contributed by atoms with van der Waals surface area (Å²) in [6, 6.07) is 14.5. The first-order valence-corrected chi connectivity index (χ1v) is 9.49. The number of nitrogens with one attached hydrogen (secondary N) is 1. The van der Waals surface area contributed by atoms with Crippen molar-refractivity contribution in [1.82, 2.24) is 0 Å². The van der Waals surface area contributed by atoms with E-state index in [0.29, 0.717) is 0 Å². The Morgan fingerprint density at radius 1 is 0.960 bits per heavy atom. The van der Waals surface area contributed by atoms with Crippen molar-refractivity contribution in [1.29, 1.82) is 0 Å². The predicted molar refractivity (Wildman–Crippen MR) is 109 cm³/mol. The van der Waals surface area contributed by atoms with Gasteiger partial charge in [0.05, 0.1) is 5.69 Å². The number of aryl methyl sites for hydroxylation is 2. The maximum atomic E-state index is 6.20. The number of hydrogen-bond acceptors (Lipinski definition) is 2. The molecule has 2 aromatic rings. The molecule has 1 N–H and O–H groups in total. The van der Waals surface area contributed by atoms with Crippen LogP contribution in [0.1, 0.15) is 57.6 Å². The van der Waals surface area contributed by atoms with E-state index in [1.807, 2.05) is 12.1 Å². The van der Waals surface area contributed by atoms with Gasteiger partial charge in [0.1, 0.15) is 5.75 Å². The van der Waals surface area contributed by atoms with E-state index in [1.54, 1.807) is 0 Å². The fourth-order valence-electron chi connectivity index (χ4n) is 2.93. The molecule has 0 bridgehead atoms. The zero-order chi connectivity index (χ0) is 18.3. The minimum Gasteiger partial charge on any atom is -0.455 e. The lowest BCUT2D eigenvalue weighted by molar-refractivity contribution is 0.342. The van der Waals surface area contributed by atoms with E-state index in [1.165, 1.54) is 31.2 Å². The van der Waals surface area contributed by atoms with E-state index >= 15 is 0 Å². The Morgan fingerprint density at radius 2 is 1.68 bits per heavy atom. The molecule has 2 aromatic carbocycles. The van der Waals surface area contributed by atoms with Crippen LogP contribution in [0, 0.1) is 19.3 Å². The third-order valence-electron chi connectivity index (χ3n) is 4.67. The molecule has 2 heteroatoms. The van der Waals surface area contributed by atoms with Gasteiger partial charge in [-0.2, -0.15) is 0 Å². The lowest BCUT2D eigenvalue weighted by Crippen LogP contribution is -2.23. The summed E-state index contributed by atoms with van der Waals surface area (Å²) in [7, 11) is 0. The Kier molecular flexibility index (Phi) is 6.92. The molecule has 0 spiro atoms. The number of unbranched alkanes of at least 4 members (excludes halogenated alkanes) is 2. The molecule has 0 atom stereocenters. The average molecular weight is 340 g/mol. The first-order valence-electron chi connectivity index (χ1n) is 9.49. The van der Waals surface area contributed by atoms with Crippen molar-refractivity contribution in [3.8, 4) is 11.5 Å². The molecule has 0 fully saturated rings. The summed E-state index contributed by atoms with van der Waals surface area (Å²) in [5.41, 5.74) is 3.74. The van der Waals surface area contributed by atoms with E-state index < -0.39 is 0 Å². The Morgan fingerprint density at radius 3 is 2.36 bits per heavy atom. The molecule has 0 aromatic heterocycles. The van der Waals surface area contributed by atoms with Gasteiger partial charge in [-0.15, -0.1) is 0 Å². The summed E-state index contributed by atoms with van der Waals surface area (Å²) >= 11 is 0. The highest BCUT2D eigenvalue weighted by atomic mass is 16.5. The summed E-state index contributed by atoms with van der Waals surface area (Å²) in [4.78, 5) is 0. The molecule has 0 saturated heterocycles. The molecule has 0 unspecified atom stereocenters. The van der Waals surface area contributed by atoms with Crippen molar-refractivity contribution in [3.05, 3.63) is 53.6 Å². The molecule has 0 radical (unpaired) electrons. The maximum Gasteiger partial charge on any atom is 0.153 e. The van der Waals surface area contributed by atoms with Gasteiger partial charge in [-0.1, -0.05) is 69.9 Å². The molecule has 0 heterocycles. The molecule has 25 heavy (non-hydrogen) atoms. The summed E-state index contributed by atoms with van der Waals surface area (Å²) in [5.74, 6) is 1.81. The molecule has 0 aliphatic carbocycles. The summed E-state index contributed by atoms with van der Waals surface area (Å²) in [6.45, 7) is 12.1. The van der Waals surface area contributed by atoms with Crippen LogP contribution in [-0.4, -0.2) is 6.54 Å². The van der Waals surface area contributed by atoms with Gasteiger partial charge in [-0.3, -0.25) is 0 Å². The second-order valence-corrected chi connectivity index (χ2v) is 7.84. The molecule has 0 saturated carbocycles. The van der Waals surface area contributed by atoms with Crippen molar-refractivity contribution in [2.45, 2.75) is 60.3 Å². The number of rotatable bonds is 9. The minimum atomic E-state index is 0.278. The monoisotopic (exact) mass is 339 g/mol. The van der Waals surface area contributed by atoms with Crippen LogP contribution in [0.25, 0.3) is 0 Å². The lowest BCUT2D eigenvalue weighted by atomic mass is 9.87. The molecule has 0 aliphatic heterocycles. The first kappa shape index (κ1) is 19.4. The lowest BCUT2D eigenvalue weighted by Gasteiger charge is -2.26. The number of benzene rings is 2. The van der Waals surface area contributed by atoms with Crippen LogP contribution < -0.4 is 10.1 Å². The Balaban J connectivity index is 2.08. The van der Waals surface area contributed by atoms with Gasteiger partial charge < -0.3 is 10.1 Å². The smallest absolute Gasteiger partial charge is 0.153 e. The normalized spacial score (nSPS) is 11.4. The molecule has 2 rings (SSSR count). The van der Waals surface area contributed by atoms with Gasteiger partial charge in [0, 0.05) is 6.54 Å². The third kappa shape index (κ3) is 6.12. The SMILES string of the molecule is CCCCCC(C)(C)CNc1cccc(C)c1Oc1ccc(C)cc1. The number of hydrogen-bond donors (Lipinski definition) is 1. The fourth-order valence-corrected chi connectivity index (χ4v) is 2.93. The molecule has 0 amide bonds. The van der Waals surface area contributed by atoms with Gasteiger partial charge in [-0.05, 0) is 49.4 Å². The molecular weight excluding hydrogens is 306 g/mol. The second kappa shape index (κ2) is 8.94. The Labute approximate surface area is 153 Å². The van der Waals surface area contributed by atoms with E-state index in [2.05, 4.69) is 70.3 Å². The second-order valence-electron chi connectivity index (χ2n) is 7.84.